The number of hydrogen-bond acceptors (Lipinski definition) is 2. The van der Waals surface area contributed by atoms with E-state index in [9.17, 15) is 9.18 Å². The molecule has 1 heterocycles. The number of anilines is 1. The maximum atomic E-state index is 13.6. The molecule has 0 saturated carbocycles. The molecule has 2 rings (SSSR count). The topological polar surface area (TPSA) is 48.0 Å². The summed E-state index contributed by atoms with van der Waals surface area (Å²) in [5.74, 6) is -0.538. The van der Waals surface area contributed by atoms with E-state index in [0.717, 1.165) is 0 Å². The average molecular weight is 458 g/mol. The SMILES string of the molecule is CCn1cc(I)c(=O)c2cc(F)c(N)c(I)c21. The number of aryl methyl sites for hydroxylation is 1. The molecule has 0 fully saturated rings. The lowest BCUT2D eigenvalue weighted by molar-refractivity contribution is 0.633. The predicted octanol–water partition coefficient (Wildman–Crippen LogP) is 2.95. The van der Waals surface area contributed by atoms with Crippen LogP contribution in [0.25, 0.3) is 10.9 Å². The Morgan fingerprint density at radius 3 is 2.71 bits per heavy atom. The van der Waals surface area contributed by atoms with Crippen molar-refractivity contribution < 1.29 is 4.39 Å². The molecule has 0 amide bonds. The van der Waals surface area contributed by atoms with Crippen LogP contribution >= 0.6 is 45.2 Å². The molecule has 17 heavy (non-hydrogen) atoms. The Morgan fingerprint density at radius 2 is 2.12 bits per heavy atom. The number of fused-ring (bicyclic) bond motifs is 1. The van der Waals surface area contributed by atoms with Gasteiger partial charge >= 0.3 is 0 Å². The summed E-state index contributed by atoms with van der Waals surface area (Å²) >= 11 is 3.94. The maximum Gasteiger partial charge on any atom is 0.202 e. The summed E-state index contributed by atoms with van der Waals surface area (Å²) in [6, 6.07) is 1.23. The van der Waals surface area contributed by atoms with E-state index in [1.54, 1.807) is 6.20 Å². The molecule has 0 aliphatic carbocycles. The van der Waals surface area contributed by atoms with Gasteiger partial charge in [-0.05, 0) is 58.2 Å². The number of benzene rings is 1. The number of pyridine rings is 1. The molecule has 0 unspecified atom stereocenters. The van der Waals surface area contributed by atoms with Gasteiger partial charge in [0.15, 0.2) is 0 Å². The zero-order valence-electron chi connectivity index (χ0n) is 8.93. The smallest absolute Gasteiger partial charge is 0.202 e. The standard InChI is InChI=1S/C11H9FI2N2O/c1-2-16-4-7(13)11(17)5-3-6(12)9(15)8(14)10(5)16/h3-4H,2,15H2,1H3. The van der Waals surface area contributed by atoms with Crippen molar-refractivity contribution in [3.63, 3.8) is 0 Å². The number of rotatable bonds is 1. The molecule has 0 aliphatic heterocycles. The minimum Gasteiger partial charge on any atom is -0.395 e. The predicted molar refractivity (Wildman–Crippen MR) is 83.7 cm³/mol. The summed E-state index contributed by atoms with van der Waals surface area (Å²) in [5.41, 5.74) is 6.31. The second-order valence-corrected chi connectivity index (χ2v) is 5.82. The number of aromatic nitrogens is 1. The van der Waals surface area contributed by atoms with Crippen molar-refractivity contribution in [1.82, 2.24) is 4.57 Å². The molecule has 90 valence electrons. The van der Waals surface area contributed by atoms with Crippen LogP contribution in [0.4, 0.5) is 10.1 Å². The van der Waals surface area contributed by atoms with Gasteiger partial charge in [-0.1, -0.05) is 0 Å². The summed E-state index contributed by atoms with van der Waals surface area (Å²) in [6.45, 7) is 2.67. The van der Waals surface area contributed by atoms with Gasteiger partial charge < -0.3 is 10.3 Å². The van der Waals surface area contributed by atoms with Gasteiger partial charge in [0, 0.05) is 12.7 Å². The van der Waals surface area contributed by atoms with Crippen molar-refractivity contribution in [2.24, 2.45) is 0 Å². The number of nitrogens with zero attached hydrogens (tertiary/aromatic N) is 1. The Morgan fingerprint density at radius 1 is 1.47 bits per heavy atom. The van der Waals surface area contributed by atoms with Crippen molar-refractivity contribution in [3.05, 3.63) is 35.4 Å². The van der Waals surface area contributed by atoms with Gasteiger partial charge in [0.25, 0.3) is 0 Å². The molecule has 0 aliphatic rings. The molecule has 0 atom stereocenters. The monoisotopic (exact) mass is 458 g/mol. The van der Waals surface area contributed by atoms with E-state index in [4.69, 9.17) is 5.73 Å². The fraction of sp³-hybridized carbons (Fsp3) is 0.182. The summed E-state index contributed by atoms with van der Waals surface area (Å²) in [4.78, 5) is 12.0. The third-order valence-corrected chi connectivity index (χ3v) is 4.45. The highest BCUT2D eigenvalue weighted by Gasteiger charge is 2.15. The van der Waals surface area contributed by atoms with E-state index in [-0.39, 0.29) is 11.1 Å². The Balaban J connectivity index is 3.09. The lowest BCUT2D eigenvalue weighted by Crippen LogP contribution is -2.14. The van der Waals surface area contributed by atoms with Gasteiger partial charge in [-0.3, -0.25) is 4.79 Å². The van der Waals surface area contributed by atoms with E-state index in [0.29, 0.717) is 24.6 Å². The van der Waals surface area contributed by atoms with E-state index >= 15 is 0 Å². The molecule has 0 bridgehead atoms. The van der Waals surface area contributed by atoms with Crippen LogP contribution in [0.1, 0.15) is 6.92 Å². The first-order valence-electron chi connectivity index (χ1n) is 4.93. The first-order chi connectivity index (χ1) is 7.97. The van der Waals surface area contributed by atoms with Crippen LogP contribution in [0.3, 0.4) is 0 Å². The summed E-state index contributed by atoms with van der Waals surface area (Å²) < 4.78 is 16.7. The van der Waals surface area contributed by atoms with Gasteiger partial charge in [0.05, 0.1) is 23.7 Å². The van der Waals surface area contributed by atoms with Crippen molar-refractivity contribution in [3.8, 4) is 0 Å². The largest absolute Gasteiger partial charge is 0.395 e. The van der Waals surface area contributed by atoms with Gasteiger partial charge in [0.2, 0.25) is 5.43 Å². The van der Waals surface area contributed by atoms with E-state index < -0.39 is 5.82 Å². The third-order valence-electron chi connectivity index (χ3n) is 2.59. The van der Waals surface area contributed by atoms with Gasteiger partial charge in [-0.15, -0.1) is 0 Å². The number of nitrogen functional groups attached to an aromatic ring is 1. The van der Waals surface area contributed by atoms with Crippen LogP contribution in [0, 0.1) is 13.0 Å². The molecular formula is C11H9FI2N2O. The molecule has 2 aromatic rings. The number of hydrogen-bond donors (Lipinski definition) is 1. The second kappa shape index (κ2) is 4.71. The van der Waals surface area contributed by atoms with Crippen molar-refractivity contribution in [2.75, 3.05) is 5.73 Å². The van der Waals surface area contributed by atoms with Crippen LogP contribution in [0.15, 0.2) is 17.1 Å². The quantitative estimate of drug-likeness (QED) is 0.528. The van der Waals surface area contributed by atoms with Gasteiger partial charge in [-0.25, -0.2) is 4.39 Å². The Bertz CT molecular complexity index is 667. The highest BCUT2D eigenvalue weighted by atomic mass is 127. The fourth-order valence-corrected chi connectivity index (χ4v) is 3.20. The molecular weight excluding hydrogens is 449 g/mol. The summed E-state index contributed by atoms with van der Waals surface area (Å²) in [6.07, 6.45) is 1.77. The van der Waals surface area contributed by atoms with E-state index in [1.165, 1.54) is 6.07 Å². The fourth-order valence-electron chi connectivity index (χ4n) is 1.72. The Hall–Kier alpha value is -0.380. The van der Waals surface area contributed by atoms with E-state index in [1.807, 2.05) is 56.7 Å². The van der Waals surface area contributed by atoms with Crippen molar-refractivity contribution in [1.29, 1.82) is 0 Å². The van der Waals surface area contributed by atoms with Crippen LogP contribution in [-0.4, -0.2) is 4.57 Å². The first-order valence-corrected chi connectivity index (χ1v) is 7.09. The molecule has 6 heteroatoms. The maximum absolute atomic E-state index is 13.6. The zero-order chi connectivity index (χ0) is 12.7. The Labute approximate surface area is 124 Å². The minimum absolute atomic E-state index is 0.0981. The number of halogens is 3. The summed E-state index contributed by atoms with van der Waals surface area (Å²) in [7, 11) is 0. The average Bonchev–Trinajstić information content (AvgIpc) is 2.31. The van der Waals surface area contributed by atoms with Crippen LogP contribution in [0.2, 0.25) is 0 Å². The minimum atomic E-state index is -0.538. The molecule has 2 N–H and O–H groups in total. The van der Waals surface area contributed by atoms with Gasteiger partial charge in [-0.2, -0.15) is 0 Å². The van der Waals surface area contributed by atoms with Crippen LogP contribution in [0.5, 0.6) is 0 Å². The molecule has 3 nitrogen and oxygen atoms in total. The van der Waals surface area contributed by atoms with Crippen molar-refractivity contribution >= 4 is 61.8 Å². The zero-order valence-corrected chi connectivity index (χ0v) is 13.2. The molecule has 1 aromatic heterocycles. The lowest BCUT2D eigenvalue weighted by Gasteiger charge is -2.13. The van der Waals surface area contributed by atoms with E-state index in [2.05, 4.69) is 0 Å². The molecule has 0 spiro atoms. The van der Waals surface area contributed by atoms with Crippen molar-refractivity contribution in [2.45, 2.75) is 13.5 Å². The highest BCUT2D eigenvalue weighted by Crippen LogP contribution is 2.27. The molecule has 0 saturated heterocycles. The normalized spacial score (nSPS) is 11.1. The Kier molecular flexibility index (Phi) is 3.62. The summed E-state index contributed by atoms with van der Waals surface area (Å²) in [5, 5.41) is 0.384. The third kappa shape index (κ3) is 2.05. The highest BCUT2D eigenvalue weighted by molar-refractivity contribution is 14.1. The first kappa shape index (κ1) is 13.1. The second-order valence-electron chi connectivity index (χ2n) is 3.57. The molecule has 0 radical (unpaired) electrons. The van der Waals surface area contributed by atoms with Crippen LogP contribution in [-0.2, 0) is 6.54 Å². The van der Waals surface area contributed by atoms with Gasteiger partial charge in [0.1, 0.15) is 5.82 Å². The lowest BCUT2D eigenvalue weighted by atomic mass is 10.2. The molecule has 1 aromatic carbocycles. The van der Waals surface area contributed by atoms with Crippen LogP contribution < -0.4 is 11.2 Å². The number of nitrogens with two attached hydrogens (primary N) is 1.